The minimum atomic E-state index is 1.17. The van der Waals surface area contributed by atoms with Gasteiger partial charge in [0.1, 0.15) is 0 Å². The van der Waals surface area contributed by atoms with E-state index in [0.29, 0.717) is 0 Å². The second-order valence-electron chi connectivity index (χ2n) is 18.4. The van der Waals surface area contributed by atoms with Crippen LogP contribution < -0.4 is 0 Å². The van der Waals surface area contributed by atoms with Crippen LogP contribution in [-0.4, -0.2) is 0 Å². The minimum Gasteiger partial charge on any atom is -0.0622 e. The molecule has 0 saturated heterocycles. The van der Waals surface area contributed by atoms with Crippen LogP contribution in [0.1, 0.15) is 0 Å². The molecule has 14 rings (SSSR count). The summed E-state index contributed by atoms with van der Waals surface area (Å²) in [6, 6.07) is 95.1. The molecule has 0 aromatic heterocycles. The van der Waals surface area contributed by atoms with Gasteiger partial charge in [-0.2, -0.15) is 0 Å². The molecule has 0 fully saturated rings. The Morgan fingerprint density at radius 2 is 0.397 bits per heavy atom. The highest BCUT2D eigenvalue weighted by molar-refractivity contribution is 6.27. The average Bonchev–Trinajstić information content (AvgIpc) is 3.42. The van der Waals surface area contributed by atoms with E-state index in [1.807, 2.05) is 0 Å². The van der Waals surface area contributed by atoms with E-state index >= 15 is 0 Å². The van der Waals surface area contributed by atoms with E-state index in [-0.39, 0.29) is 0 Å². The second-order valence-corrected chi connectivity index (χ2v) is 18.4. The predicted octanol–water partition coefficient (Wildman–Crippen LogP) is 19.2. The molecule has 314 valence electrons. The highest BCUT2D eigenvalue weighted by Crippen LogP contribution is 2.45. The molecule has 0 bridgehead atoms. The third-order valence-electron chi connectivity index (χ3n) is 14.5. The van der Waals surface area contributed by atoms with E-state index < -0.39 is 0 Å². The van der Waals surface area contributed by atoms with Gasteiger partial charge in [-0.3, -0.25) is 0 Å². The standard InChI is InChI=1S/C68H42/c1-4-12-43(13-5-1)52-34-55(57-36-53(44-14-6-2-7-15-44)39-59(41-57)61-30-26-50-24-22-46-18-10-20-48-28-32-63(61)67(50)65(46)48)38-56(35-52)58-37-54(45-16-8-3-9-17-45)40-60(42-58)62-31-27-51-25-23-47-19-11-21-49-29-33-64(62)68(51)66(47)49/h1-42H. The Morgan fingerprint density at radius 1 is 0.147 bits per heavy atom. The zero-order valence-corrected chi connectivity index (χ0v) is 37.2. The number of hydrogen-bond donors (Lipinski definition) is 0. The molecule has 0 unspecified atom stereocenters. The Bertz CT molecular complexity index is 3940. The SMILES string of the molecule is c1ccc(-c2cc(-c3cc(-c4ccccc4)cc(-c4ccc5ccc6cccc7ccc4c5c67)c3)cc(-c3cc(-c4ccccc4)cc(-c4ccc5ccc6cccc7ccc4c5c67)c3)c2)cc1. The van der Waals surface area contributed by atoms with Crippen LogP contribution in [0.3, 0.4) is 0 Å². The van der Waals surface area contributed by atoms with Crippen LogP contribution in [0, 0.1) is 0 Å². The lowest BCUT2D eigenvalue weighted by Crippen LogP contribution is -1.92. The van der Waals surface area contributed by atoms with Crippen molar-refractivity contribution in [3.8, 4) is 77.9 Å². The zero-order valence-electron chi connectivity index (χ0n) is 37.2. The fourth-order valence-electron chi connectivity index (χ4n) is 11.2. The van der Waals surface area contributed by atoms with Crippen LogP contribution in [0.15, 0.2) is 255 Å². The van der Waals surface area contributed by atoms with Gasteiger partial charge >= 0.3 is 0 Å². The summed E-state index contributed by atoms with van der Waals surface area (Å²) in [5, 5.41) is 15.5. The molecule has 0 aliphatic rings. The monoisotopic (exact) mass is 858 g/mol. The summed E-state index contributed by atoms with van der Waals surface area (Å²) in [7, 11) is 0. The first kappa shape index (κ1) is 38.4. The van der Waals surface area contributed by atoms with Crippen molar-refractivity contribution in [2.45, 2.75) is 0 Å². The van der Waals surface area contributed by atoms with Crippen LogP contribution in [0.25, 0.3) is 143 Å². The summed E-state index contributed by atoms with van der Waals surface area (Å²) in [6.45, 7) is 0. The van der Waals surface area contributed by atoms with Gasteiger partial charge in [0.15, 0.2) is 0 Å². The molecular formula is C68H42. The molecule has 68 heavy (non-hydrogen) atoms. The van der Waals surface area contributed by atoms with Gasteiger partial charge in [0.25, 0.3) is 0 Å². The fourth-order valence-corrected chi connectivity index (χ4v) is 11.2. The first-order valence-electron chi connectivity index (χ1n) is 23.6. The van der Waals surface area contributed by atoms with Gasteiger partial charge in [-0.1, -0.05) is 200 Å². The van der Waals surface area contributed by atoms with E-state index in [1.165, 1.54) is 143 Å². The first-order chi connectivity index (χ1) is 33.7. The highest BCUT2D eigenvalue weighted by atomic mass is 14.2. The molecular weight excluding hydrogens is 817 g/mol. The molecule has 0 spiro atoms. The average molecular weight is 859 g/mol. The lowest BCUT2D eigenvalue weighted by molar-refractivity contribution is 1.54. The Morgan fingerprint density at radius 3 is 0.721 bits per heavy atom. The van der Waals surface area contributed by atoms with Crippen molar-refractivity contribution >= 4 is 64.6 Å². The van der Waals surface area contributed by atoms with Crippen molar-refractivity contribution in [2.24, 2.45) is 0 Å². The maximum absolute atomic E-state index is 2.42. The van der Waals surface area contributed by atoms with Crippen molar-refractivity contribution in [1.82, 2.24) is 0 Å². The van der Waals surface area contributed by atoms with E-state index in [0.717, 1.165) is 0 Å². The third-order valence-corrected chi connectivity index (χ3v) is 14.5. The minimum absolute atomic E-state index is 1.17. The largest absolute Gasteiger partial charge is 0.0622 e. The summed E-state index contributed by atoms with van der Waals surface area (Å²) < 4.78 is 0. The van der Waals surface area contributed by atoms with Crippen molar-refractivity contribution < 1.29 is 0 Å². The van der Waals surface area contributed by atoms with Crippen LogP contribution in [-0.2, 0) is 0 Å². The number of hydrogen-bond acceptors (Lipinski definition) is 0. The molecule has 0 atom stereocenters. The zero-order chi connectivity index (χ0) is 44.7. The van der Waals surface area contributed by atoms with Gasteiger partial charge in [-0.05, 0) is 197 Å². The summed E-state index contributed by atoms with van der Waals surface area (Å²) in [5.41, 5.74) is 16.7. The van der Waals surface area contributed by atoms with Gasteiger partial charge < -0.3 is 0 Å². The van der Waals surface area contributed by atoms with Crippen LogP contribution >= 0.6 is 0 Å². The molecule has 0 saturated carbocycles. The Labute approximate surface area is 395 Å². The van der Waals surface area contributed by atoms with Crippen molar-refractivity contribution in [3.05, 3.63) is 255 Å². The molecule has 0 radical (unpaired) electrons. The summed E-state index contributed by atoms with van der Waals surface area (Å²) in [4.78, 5) is 0. The highest BCUT2D eigenvalue weighted by Gasteiger charge is 2.18. The van der Waals surface area contributed by atoms with E-state index in [9.17, 15) is 0 Å². The summed E-state index contributed by atoms with van der Waals surface area (Å²) in [5.74, 6) is 0. The Hall–Kier alpha value is -8.84. The van der Waals surface area contributed by atoms with Gasteiger partial charge in [0.2, 0.25) is 0 Å². The molecule has 14 aromatic carbocycles. The third kappa shape index (κ3) is 6.30. The quantitative estimate of drug-likeness (QED) is 0.140. The van der Waals surface area contributed by atoms with Gasteiger partial charge in [0, 0.05) is 0 Å². The van der Waals surface area contributed by atoms with Gasteiger partial charge in [-0.15, -0.1) is 0 Å². The second kappa shape index (κ2) is 15.4. The molecule has 0 nitrogen and oxygen atoms in total. The molecule has 0 heterocycles. The van der Waals surface area contributed by atoms with Gasteiger partial charge in [0.05, 0.1) is 0 Å². The molecule has 0 N–H and O–H groups in total. The van der Waals surface area contributed by atoms with Crippen molar-refractivity contribution in [2.75, 3.05) is 0 Å². The van der Waals surface area contributed by atoms with E-state index in [2.05, 4.69) is 255 Å². The number of rotatable bonds is 7. The molecule has 0 heteroatoms. The maximum Gasteiger partial charge on any atom is -0.00206 e. The lowest BCUT2D eigenvalue weighted by atomic mass is 9.86. The Kier molecular flexibility index (Phi) is 8.69. The van der Waals surface area contributed by atoms with Crippen molar-refractivity contribution in [3.63, 3.8) is 0 Å². The predicted molar refractivity (Wildman–Crippen MR) is 292 cm³/mol. The normalized spacial score (nSPS) is 11.8. The maximum atomic E-state index is 2.42. The smallest absolute Gasteiger partial charge is 0.00206 e. The molecule has 0 aliphatic carbocycles. The Balaban J connectivity index is 1.01. The molecule has 0 amide bonds. The van der Waals surface area contributed by atoms with E-state index in [1.54, 1.807) is 0 Å². The summed E-state index contributed by atoms with van der Waals surface area (Å²) in [6.07, 6.45) is 0. The molecule has 0 aliphatic heterocycles. The molecule has 14 aromatic rings. The van der Waals surface area contributed by atoms with Crippen LogP contribution in [0.2, 0.25) is 0 Å². The van der Waals surface area contributed by atoms with Crippen molar-refractivity contribution in [1.29, 1.82) is 0 Å². The van der Waals surface area contributed by atoms with Gasteiger partial charge in [-0.25, -0.2) is 0 Å². The lowest BCUT2D eigenvalue weighted by Gasteiger charge is -2.18. The first-order valence-corrected chi connectivity index (χ1v) is 23.6. The summed E-state index contributed by atoms with van der Waals surface area (Å²) >= 11 is 0. The van der Waals surface area contributed by atoms with Crippen LogP contribution in [0.5, 0.6) is 0 Å². The van der Waals surface area contributed by atoms with E-state index in [4.69, 9.17) is 0 Å². The van der Waals surface area contributed by atoms with Crippen LogP contribution in [0.4, 0.5) is 0 Å². The fraction of sp³-hybridized carbons (Fsp3) is 0. The topological polar surface area (TPSA) is 0 Å². The number of benzene rings is 14.